The molecule has 0 spiro atoms. The first-order chi connectivity index (χ1) is 8.15. The fourth-order valence-electron chi connectivity index (χ4n) is 2.45. The molecular weight excluding hydrogens is 212 g/mol. The Hall–Kier alpha value is -0.870. The third-order valence-corrected chi connectivity index (χ3v) is 3.92. The summed E-state index contributed by atoms with van der Waals surface area (Å²) in [7, 11) is 2.17. The lowest BCUT2D eigenvalue weighted by Gasteiger charge is -2.26. The third-order valence-electron chi connectivity index (χ3n) is 3.92. The van der Waals surface area contributed by atoms with Gasteiger partial charge in [-0.05, 0) is 32.2 Å². The molecule has 0 bridgehead atoms. The Morgan fingerprint density at radius 1 is 1.65 bits per heavy atom. The first-order valence-electron chi connectivity index (χ1n) is 6.58. The summed E-state index contributed by atoms with van der Waals surface area (Å²) in [6.07, 6.45) is 5.44. The number of aromatic nitrogens is 2. The minimum absolute atomic E-state index is 0.308. The van der Waals surface area contributed by atoms with Crippen LogP contribution in [0.3, 0.4) is 0 Å². The first-order valence-corrected chi connectivity index (χ1v) is 6.58. The van der Waals surface area contributed by atoms with Gasteiger partial charge in [-0.25, -0.2) is 0 Å². The highest BCUT2D eigenvalue weighted by molar-refractivity contribution is 5.11. The maximum absolute atomic E-state index is 5.91. The van der Waals surface area contributed by atoms with Crippen LogP contribution in [0.25, 0.3) is 0 Å². The van der Waals surface area contributed by atoms with Gasteiger partial charge in [-0.3, -0.25) is 9.58 Å². The number of rotatable bonds is 6. The molecule has 0 aromatic carbocycles. The number of likely N-dealkylation sites (N-methyl/N-ethyl adjacent to an activating group) is 1. The van der Waals surface area contributed by atoms with E-state index in [4.69, 9.17) is 5.73 Å². The van der Waals surface area contributed by atoms with Gasteiger partial charge in [-0.2, -0.15) is 5.10 Å². The first kappa shape index (κ1) is 12.6. The molecule has 0 saturated heterocycles. The molecule has 1 aromatic heterocycles. The van der Waals surface area contributed by atoms with Crippen LogP contribution in [0.15, 0.2) is 12.4 Å². The van der Waals surface area contributed by atoms with Crippen LogP contribution < -0.4 is 5.73 Å². The van der Waals surface area contributed by atoms with Gasteiger partial charge in [0.1, 0.15) is 0 Å². The molecule has 2 rings (SSSR count). The third kappa shape index (κ3) is 2.87. The predicted octanol–water partition coefficient (Wildman–Crippen LogP) is 1.49. The van der Waals surface area contributed by atoms with Crippen molar-refractivity contribution < 1.29 is 0 Å². The Bertz CT molecular complexity index is 360. The van der Waals surface area contributed by atoms with E-state index in [2.05, 4.69) is 37.1 Å². The molecule has 1 aliphatic carbocycles. The summed E-state index contributed by atoms with van der Waals surface area (Å²) in [5.41, 5.74) is 7.15. The smallest absolute Gasteiger partial charge is 0.0538 e. The molecule has 17 heavy (non-hydrogen) atoms. The van der Waals surface area contributed by atoms with Crippen LogP contribution in [-0.2, 0) is 6.54 Å². The second-order valence-corrected chi connectivity index (χ2v) is 5.29. The van der Waals surface area contributed by atoms with E-state index in [0.29, 0.717) is 12.6 Å². The van der Waals surface area contributed by atoms with Gasteiger partial charge in [0.15, 0.2) is 0 Å². The summed E-state index contributed by atoms with van der Waals surface area (Å²) >= 11 is 0. The molecule has 96 valence electrons. The van der Waals surface area contributed by atoms with Crippen LogP contribution in [0.1, 0.15) is 31.9 Å². The Kier molecular flexibility index (Phi) is 3.84. The fraction of sp³-hybridized carbons (Fsp3) is 0.769. The average molecular weight is 236 g/mol. The van der Waals surface area contributed by atoms with Crippen molar-refractivity contribution in [2.45, 2.75) is 32.9 Å². The Morgan fingerprint density at radius 3 is 2.82 bits per heavy atom. The van der Waals surface area contributed by atoms with Crippen molar-refractivity contribution in [1.29, 1.82) is 0 Å². The van der Waals surface area contributed by atoms with Gasteiger partial charge in [0.25, 0.3) is 0 Å². The van der Waals surface area contributed by atoms with Crippen molar-refractivity contribution in [3.8, 4) is 0 Å². The van der Waals surface area contributed by atoms with Gasteiger partial charge >= 0.3 is 0 Å². The summed E-state index contributed by atoms with van der Waals surface area (Å²) in [6.45, 7) is 7.16. The Balaban J connectivity index is 1.99. The summed E-state index contributed by atoms with van der Waals surface area (Å²) in [6, 6.07) is 0.308. The van der Waals surface area contributed by atoms with E-state index in [0.717, 1.165) is 24.9 Å². The van der Waals surface area contributed by atoms with Gasteiger partial charge in [0, 0.05) is 37.4 Å². The molecule has 0 aliphatic heterocycles. The standard InChI is InChI=1S/C13H24N4/c1-4-17-9-12(7-15-17)13(6-14)16(3)8-11-5-10(11)2/h7,9-11,13H,4-6,8,14H2,1-3H3. The molecule has 1 fully saturated rings. The molecule has 1 heterocycles. The molecule has 1 aliphatic rings. The lowest BCUT2D eigenvalue weighted by molar-refractivity contribution is 0.237. The largest absolute Gasteiger partial charge is 0.329 e. The normalized spacial score (nSPS) is 25.2. The molecule has 1 saturated carbocycles. The molecule has 4 nitrogen and oxygen atoms in total. The van der Waals surface area contributed by atoms with Crippen LogP contribution in [0.5, 0.6) is 0 Å². The Labute approximate surface area is 104 Å². The van der Waals surface area contributed by atoms with E-state index >= 15 is 0 Å². The minimum Gasteiger partial charge on any atom is -0.329 e. The van der Waals surface area contributed by atoms with Crippen LogP contribution >= 0.6 is 0 Å². The SMILES string of the molecule is CCn1cc(C(CN)N(C)CC2CC2C)cn1. The van der Waals surface area contributed by atoms with Crippen LogP contribution in [-0.4, -0.2) is 34.8 Å². The van der Waals surface area contributed by atoms with E-state index in [9.17, 15) is 0 Å². The monoisotopic (exact) mass is 236 g/mol. The van der Waals surface area contributed by atoms with Crippen molar-refractivity contribution >= 4 is 0 Å². The topological polar surface area (TPSA) is 47.1 Å². The number of nitrogens with zero attached hydrogens (tertiary/aromatic N) is 3. The summed E-state index contributed by atoms with van der Waals surface area (Å²) < 4.78 is 1.96. The number of hydrogen-bond acceptors (Lipinski definition) is 3. The van der Waals surface area contributed by atoms with Crippen molar-refractivity contribution in [3.63, 3.8) is 0 Å². The maximum atomic E-state index is 5.91. The number of hydrogen-bond donors (Lipinski definition) is 1. The van der Waals surface area contributed by atoms with E-state index < -0.39 is 0 Å². The van der Waals surface area contributed by atoms with E-state index in [1.165, 1.54) is 12.0 Å². The lowest BCUT2D eigenvalue weighted by atomic mass is 10.1. The number of nitrogens with two attached hydrogens (primary N) is 1. The Morgan fingerprint density at radius 2 is 2.35 bits per heavy atom. The molecule has 3 atom stereocenters. The average Bonchev–Trinajstić information content (AvgIpc) is 2.82. The van der Waals surface area contributed by atoms with Crippen molar-refractivity contribution in [3.05, 3.63) is 18.0 Å². The molecule has 4 heteroatoms. The fourth-order valence-corrected chi connectivity index (χ4v) is 2.45. The van der Waals surface area contributed by atoms with Crippen LogP contribution in [0, 0.1) is 11.8 Å². The van der Waals surface area contributed by atoms with Gasteiger partial charge in [-0.15, -0.1) is 0 Å². The van der Waals surface area contributed by atoms with Crippen LogP contribution in [0.4, 0.5) is 0 Å². The summed E-state index contributed by atoms with van der Waals surface area (Å²) in [4.78, 5) is 2.38. The second-order valence-electron chi connectivity index (χ2n) is 5.29. The summed E-state index contributed by atoms with van der Waals surface area (Å²) in [5, 5.41) is 4.33. The zero-order valence-corrected chi connectivity index (χ0v) is 11.1. The van der Waals surface area contributed by atoms with E-state index in [-0.39, 0.29) is 0 Å². The van der Waals surface area contributed by atoms with E-state index in [1.807, 2.05) is 10.9 Å². The zero-order valence-electron chi connectivity index (χ0n) is 11.1. The summed E-state index contributed by atoms with van der Waals surface area (Å²) in [5.74, 6) is 1.77. The number of aryl methyl sites for hydroxylation is 1. The highest BCUT2D eigenvalue weighted by Gasteiger charge is 2.34. The quantitative estimate of drug-likeness (QED) is 0.814. The molecule has 2 N–H and O–H groups in total. The molecule has 3 unspecified atom stereocenters. The highest BCUT2D eigenvalue weighted by atomic mass is 15.3. The van der Waals surface area contributed by atoms with Gasteiger partial charge in [0.05, 0.1) is 6.20 Å². The van der Waals surface area contributed by atoms with E-state index in [1.54, 1.807) is 0 Å². The zero-order chi connectivity index (χ0) is 12.4. The molecule has 1 aromatic rings. The van der Waals surface area contributed by atoms with Gasteiger partial charge < -0.3 is 5.73 Å². The molecule has 0 radical (unpaired) electrons. The molecular formula is C13H24N4. The van der Waals surface area contributed by atoms with Crippen molar-refractivity contribution in [2.24, 2.45) is 17.6 Å². The minimum atomic E-state index is 0.308. The van der Waals surface area contributed by atoms with Crippen molar-refractivity contribution in [2.75, 3.05) is 20.1 Å². The van der Waals surface area contributed by atoms with Crippen LogP contribution in [0.2, 0.25) is 0 Å². The highest BCUT2D eigenvalue weighted by Crippen LogP contribution is 2.39. The maximum Gasteiger partial charge on any atom is 0.0538 e. The van der Waals surface area contributed by atoms with Crippen molar-refractivity contribution in [1.82, 2.24) is 14.7 Å². The predicted molar refractivity (Wildman–Crippen MR) is 69.6 cm³/mol. The molecule has 0 amide bonds. The second kappa shape index (κ2) is 5.19. The van der Waals surface area contributed by atoms with Gasteiger partial charge in [0.2, 0.25) is 0 Å². The lowest BCUT2D eigenvalue weighted by Crippen LogP contribution is -2.32. The van der Waals surface area contributed by atoms with Gasteiger partial charge in [-0.1, -0.05) is 6.92 Å².